The molecule has 0 N–H and O–H groups in total. The molecule has 0 amide bonds. The van der Waals surface area contributed by atoms with Crippen LogP contribution in [0.3, 0.4) is 0 Å². The van der Waals surface area contributed by atoms with Gasteiger partial charge in [-0.15, -0.1) is 0 Å². The smallest absolute Gasteiger partial charge is 0.550 e. The molecule has 5 nitrogen and oxygen atoms in total. The van der Waals surface area contributed by atoms with Crippen LogP contribution < -0.4 is 39.4 Å². The number of hydrogen-bond acceptors (Lipinski definition) is 5. The van der Waals surface area contributed by atoms with Crippen LogP contribution in [0.1, 0.15) is 103 Å². The van der Waals surface area contributed by atoms with Gasteiger partial charge in [0, 0.05) is 5.97 Å². The van der Waals surface area contributed by atoms with E-state index in [4.69, 9.17) is 4.74 Å². The van der Waals surface area contributed by atoms with Gasteiger partial charge in [-0.05, 0) is 68.5 Å². The Labute approximate surface area is 240 Å². The predicted molar refractivity (Wildman–Crippen MR) is 141 cm³/mol. The molecule has 0 aliphatic carbocycles. The SMILES string of the molecule is CCC(CCCCCCCCCCCCCCC(=O)[O-])Oc1ccc(N=Nc2ccccc2)cc1.[Na+]. The largest absolute Gasteiger partial charge is 1.00 e. The third-order valence-electron chi connectivity index (χ3n) is 6.29. The van der Waals surface area contributed by atoms with Crippen LogP contribution in [0.5, 0.6) is 5.75 Å². The molecule has 2 aromatic rings. The summed E-state index contributed by atoms with van der Waals surface area (Å²) >= 11 is 0. The van der Waals surface area contributed by atoms with Gasteiger partial charge in [-0.2, -0.15) is 10.2 Å². The second-order valence-electron chi connectivity index (χ2n) is 9.33. The molecule has 0 heterocycles. The average molecular weight is 503 g/mol. The van der Waals surface area contributed by atoms with Crippen molar-refractivity contribution in [1.29, 1.82) is 0 Å². The molecule has 0 saturated heterocycles. The standard InChI is InChI=1S/C30H44N2O3.Na/c1-2-28(20-16-11-9-7-5-3-4-6-8-10-12-17-21-30(33)34)35-29-24-22-27(23-25-29)32-31-26-18-14-13-15-19-26;/h13-15,18-19,22-25,28H,2-12,16-17,20-21H2,1H3,(H,33,34);/q;+1/p-1. The van der Waals surface area contributed by atoms with E-state index in [0.717, 1.165) is 49.2 Å². The summed E-state index contributed by atoms with van der Waals surface area (Å²) in [4.78, 5) is 10.4. The van der Waals surface area contributed by atoms with E-state index in [9.17, 15) is 9.90 Å². The van der Waals surface area contributed by atoms with E-state index in [-0.39, 0.29) is 42.1 Å². The molecular weight excluding hydrogens is 459 g/mol. The van der Waals surface area contributed by atoms with E-state index in [1.807, 2.05) is 54.6 Å². The van der Waals surface area contributed by atoms with Crippen molar-refractivity contribution in [2.45, 2.75) is 109 Å². The van der Waals surface area contributed by atoms with Crippen LogP contribution in [-0.4, -0.2) is 12.1 Å². The van der Waals surface area contributed by atoms with Gasteiger partial charge in [-0.25, -0.2) is 0 Å². The average Bonchev–Trinajstić information content (AvgIpc) is 2.88. The van der Waals surface area contributed by atoms with Crippen LogP contribution in [0.2, 0.25) is 0 Å². The fourth-order valence-electron chi connectivity index (χ4n) is 4.15. The maximum Gasteiger partial charge on any atom is 1.00 e. The molecule has 0 aromatic heterocycles. The second-order valence-corrected chi connectivity index (χ2v) is 9.33. The first-order valence-corrected chi connectivity index (χ1v) is 13.6. The summed E-state index contributed by atoms with van der Waals surface area (Å²) in [6.45, 7) is 2.19. The zero-order chi connectivity index (χ0) is 25.0. The number of unbranched alkanes of at least 4 members (excludes halogenated alkanes) is 11. The number of nitrogens with zero attached hydrogens (tertiary/aromatic N) is 2. The molecule has 0 fully saturated rings. The Hall–Kier alpha value is -1.69. The summed E-state index contributed by atoms with van der Waals surface area (Å²) in [5.41, 5.74) is 1.67. The summed E-state index contributed by atoms with van der Waals surface area (Å²) in [7, 11) is 0. The maximum absolute atomic E-state index is 10.4. The summed E-state index contributed by atoms with van der Waals surface area (Å²) in [6, 6.07) is 17.6. The van der Waals surface area contributed by atoms with Crippen molar-refractivity contribution in [3.05, 3.63) is 54.6 Å². The fraction of sp³-hybridized carbons (Fsp3) is 0.567. The summed E-state index contributed by atoms with van der Waals surface area (Å²) in [5, 5.41) is 18.9. The quantitative estimate of drug-likeness (QED) is 0.137. The molecule has 0 aliphatic rings. The van der Waals surface area contributed by atoms with Crippen LogP contribution in [0, 0.1) is 0 Å². The number of carbonyl (C=O) groups is 1. The summed E-state index contributed by atoms with van der Waals surface area (Å²) < 4.78 is 6.20. The number of azo groups is 1. The van der Waals surface area contributed by atoms with Crippen LogP contribution >= 0.6 is 0 Å². The van der Waals surface area contributed by atoms with E-state index >= 15 is 0 Å². The molecule has 1 atom stereocenters. The Morgan fingerprint density at radius 2 is 1.19 bits per heavy atom. The van der Waals surface area contributed by atoms with E-state index in [2.05, 4.69) is 17.2 Å². The number of rotatable bonds is 20. The second kappa shape index (κ2) is 21.4. The van der Waals surface area contributed by atoms with Gasteiger partial charge in [-0.3, -0.25) is 0 Å². The number of carboxylic acids is 1. The van der Waals surface area contributed by atoms with Gasteiger partial charge in [0.25, 0.3) is 0 Å². The minimum Gasteiger partial charge on any atom is -0.550 e. The van der Waals surface area contributed by atoms with E-state index in [1.165, 1.54) is 57.8 Å². The maximum atomic E-state index is 10.4. The van der Waals surface area contributed by atoms with Gasteiger partial charge in [0.2, 0.25) is 0 Å². The monoisotopic (exact) mass is 502 g/mol. The van der Waals surface area contributed by atoms with Gasteiger partial charge >= 0.3 is 29.6 Å². The van der Waals surface area contributed by atoms with Crippen molar-refractivity contribution in [2.75, 3.05) is 0 Å². The van der Waals surface area contributed by atoms with Gasteiger partial charge in [-0.1, -0.05) is 89.3 Å². The van der Waals surface area contributed by atoms with Gasteiger partial charge in [0.1, 0.15) is 5.75 Å². The fourth-order valence-corrected chi connectivity index (χ4v) is 4.15. The van der Waals surface area contributed by atoms with E-state index in [1.54, 1.807) is 0 Å². The van der Waals surface area contributed by atoms with Crippen molar-refractivity contribution in [3.8, 4) is 5.75 Å². The van der Waals surface area contributed by atoms with Gasteiger partial charge in [0.05, 0.1) is 17.5 Å². The number of hydrogen-bond donors (Lipinski definition) is 0. The Bertz CT molecular complexity index is 828. The van der Waals surface area contributed by atoms with E-state index in [0.29, 0.717) is 0 Å². The van der Waals surface area contributed by atoms with Gasteiger partial charge in [0.15, 0.2) is 0 Å². The first-order valence-electron chi connectivity index (χ1n) is 13.6. The van der Waals surface area contributed by atoms with Crippen molar-refractivity contribution in [1.82, 2.24) is 0 Å². The van der Waals surface area contributed by atoms with E-state index < -0.39 is 5.97 Å². The molecule has 2 rings (SSSR count). The Balaban J connectivity index is 0.00000648. The minimum absolute atomic E-state index is 0. The molecule has 0 spiro atoms. The van der Waals surface area contributed by atoms with Crippen LogP contribution in [0.15, 0.2) is 64.8 Å². The Kier molecular flexibility index (Phi) is 19.2. The molecule has 2 aromatic carbocycles. The minimum atomic E-state index is -0.920. The molecule has 0 radical (unpaired) electrons. The summed E-state index contributed by atoms with van der Waals surface area (Å²) in [6.07, 6.45) is 17.1. The molecule has 6 heteroatoms. The number of benzene rings is 2. The zero-order valence-electron chi connectivity index (χ0n) is 22.5. The molecule has 192 valence electrons. The molecule has 0 bridgehead atoms. The van der Waals surface area contributed by atoms with Crippen molar-refractivity contribution >= 4 is 17.3 Å². The third kappa shape index (κ3) is 16.1. The normalized spacial score (nSPS) is 11.8. The first kappa shape index (κ1) is 32.3. The third-order valence-corrected chi connectivity index (χ3v) is 6.29. The van der Waals surface area contributed by atoms with Crippen LogP contribution in [0.25, 0.3) is 0 Å². The molecule has 36 heavy (non-hydrogen) atoms. The molecule has 0 saturated carbocycles. The van der Waals surface area contributed by atoms with Gasteiger partial charge < -0.3 is 14.6 Å². The molecule has 1 unspecified atom stereocenters. The summed E-state index contributed by atoms with van der Waals surface area (Å²) in [5.74, 6) is -0.0225. The van der Waals surface area contributed by atoms with Crippen molar-refractivity contribution < 1.29 is 44.2 Å². The molecular formula is C30H43N2NaO3. The number of ether oxygens (including phenoxy) is 1. The number of carboxylic acid groups (broad SMARTS) is 1. The van der Waals surface area contributed by atoms with Crippen molar-refractivity contribution in [3.63, 3.8) is 0 Å². The Morgan fingerprint density at radius 3 is 1.69 bits per heavy atom. The topological polar surface area (TPSA) is 74.1 Å². The number of aliphatic carboxylic acids is 1. The number of carbonyl (C=O) groups excluding carboxylic acids is 1. The predicted octanol–water partition coefficient (Wildman–Crippen LogP) is 5.47. The first-order chi connectivity index (χ1) is 17.2. The zero-order valence-corrected chi connectivity index (χ0v) is 24.5. The van der Waals surface area contributed by atoms with Crippen LogP contribution in [0.4, 0.5) is 11.4 Å². The molecule has 0 aliphatic heterocycles. The van der Waals surface area contributed by atoms with Crippen LogP contribution in [-0.2, 0) is 4.79 Å². The van der Waals surface area contributed by atoms with Crippen molar-refractivity contribution in [2.24, 2.45) is 10.2 Å². The Morgan fingerprint density at radius 1 is 0.722 bits per heavy atom.